The molecular weight excluding hydrogens is 286 g/mol. The van der Waals surface area contributed by atoms with Crippen LogP contribution in [-0.4, -0.2) is 47.9 Å². The van der Waals surface area contributed by atoms with Crippen LogP contribution >= 0.6 is 0 Å². The van der Waals surface area contributed by atoms with Gasteiger partial charge in [0.15, 0.2) is 0 Å². The molecule has 1 atom stereocenters. The van der Waals surface area contributed by atoms with Gasteiger partial charge in [-0.3, -0.25) is 4.79 Å². The highest BCUT2D eigenvalue weighted by Gasteiger charge is 2.29. The van der Waals surface area contributed by atoms with Crippen LogP contribution in [0.2, 0.25) is 0 Å². The lowest BCUT2D eigenvalue weighted by Gasteiger charge is -2.27. The van der Waals surface area contributed by atoms with Crippen molar-refractivity contribution in [3.8, 4) is 6.07 Å². The van der Waals surface area contributed by atoms with Crippen molar-refractivity contribution in [1.29, 1.82) is 5.26 Å². The second-order valence-electron chi connectivity index (χ2n) is 6.40. The Bertz CT molecular complexity index is 608. The molecule has 2 heterocycles. The van der Waals surface area contributed by atoms with Crippen LogP contribution < -0.4 is 0 Å². The lowest BCUT2D eigenvalue weighted by molar-refractivity contribution is -0.127. The summed E-state index contributed by atoms with van der Waals surface area (Å²) in [6.07, 6.45) is 8.32. The fourth-order valence-corrected chi connectivity index (χ4v) is 3.51. The van der Waals surface area contributed by atoms with Crippen LogP contribution in [0.15, 0.2) is 30.3 Å². The number of nitriles is 1. The summed E-state index contributed by atoms with van der Waals surface area (Å²) >= 11 is 0. The average Bonchev–Trinajstić information content (AvgIpc) is 3.25. The average molecular weight is 309 g/mol. The van der Waals surface area contributed by atoms with Gasteiger partial charge >= 0.3 is 0 Å². The number of hydrogen-bond acceptors (Lipinski definition) is 3. The van der Waals surface area contributed by atoms with Gasteiger partial charge in [0.1, 0.15) is 0 Å². The lowest BCUT2D eigenvalue weighted by atomic mass is 10.1. The van der Waals surface area contributed by atoms with E-state index in [2.05, 4.69) is 11.0 Å². The van der Waals surface area contributed by atoms with E-state index in [-0.39, 0.29) is 5.91 Å². The molecule has 3 rings (SSSR count). The number of amides is 1. The Kier molecular flexibility index (Phi) is 5.09. The minimum absolute atomic E-state index is 0.107. The van der Waals surface area contributed by atoms with Crippen molar-refractivity contribution in [2.24, 2.45) is 0 Å². The number of nitrogens with zero attached hydrogens (tertiary/aromatic N) is 3. The summed E-state index contributed by atoms with van der Waals surface area (Å²) in [6, 6.07) is 9.75. The molecule has 0 aliphatic carbocycles. The van der Waals surface area contributed by atoms with Crippen LogP contribution in [0.5, 0.6) is 0 Å². The van der Waals surface area contributed by atoms with Gasteiger partial charge in [-0.15, -0.1) is 0 Å². The van der Waals surface area contributed by atoms with Crippen molar-refractivity contribution in [2.75, 3.05) is 26.2 Å². The Morgan fingerprint density at radius 2 is 1.91 bits per heavy atom. The van der Waals surface area contributed by atoms with Crippen molar-refractivity contribution in [3.63, 3.8) is 0 Å². The molecule has 0 aromatic heterocycles. The molecule has 0 spiro atoms. The molecule has 0 radical (unpaired) electrons. The largest absolute Gasteiger partial charge is 0.335 e. The lowest BCUT2D eigenvalue weighted by Crippen LogP contribution is -2.41. The van der Waals surface area contributed by atoms with Crippen LogP contribution in [0, 0.1) is 11.3 Å². The third-order valence-electron chi connectivity index (χ3n) is 4.79. The molecule has 0 N–H and O–H groups in total. The van der Waals surface area contributed by atoms with E-state index in [9.17, 15) is 4.79 Å². The fourth-order valence-electron chi connectivity index (χ4n) is 3.51. The molecule has 4 nitrogen and oxygen atoms in total. The topological polar surface area (TPSA) is 47.3 Å². The maximum Gasteiger partial charge on any atom is 0.246 e. The minimum Gasteiger partial charge on any atom is -0.335 e. The molecule has 2 fully saturated rings. The first-order valence-electron chi connectivity index (χ1n) is 8.47. The number of hydrogen-bond donors (Lipinski definition) is 0. The maximum atomic E-state index is 12.5. The molecule has 0 saturated carbocycles. The Morgan fingerprint density at radius 3 is 2.61 bits per heavy atom. The van der Waals surface area contributed by atoms with Gasteiger partial charge in [-0.05, 0) is 62.5 Å². The quantitative estimate of drug-likeness (QED) is 0.803. The molecule has 1 amide bonds. The molecule has 2 aliphatic heterocycles. The Balaban J connectivity index is 1.59. The van der Waals surface area contributed by atoms with Crippen molar-refractivity contribution in [2.45, 2.75) is 31.7 Å². The van der Waals surface area contributed by atoms with Gasteiger partial charge < -0.3 is 9.80 Å². The molecule has 4 heteroatoms. The second kappa shape index (κ2) is 7.43. The van der Waals surface area contributed by atoms with Crippen LogP contribution in [0.25, 0.3) is 6.08 Å². The van der Waals surface area contributed by atoms with Gasteiger partial charge in [0, 0.05) is 25.2 Å². The van der Waals surface area contributed by atoms with E-state index >= 15 is 0 Å². The molecule has 1 aromatic carbocycles. The SMILES string of the molecule is N#Cc1ccc(/C=C/C(=O)N2CCCC2CN2CCCC2)cc1. The van der Waals surface area contributed by atoms with E-state index in [1.165, 1.54) is 25.9 Å². The van der Waals surface area contributed by atoms with E-state index in [0.717, 1.165) is 31.5 Å². The number of rotatable bonds is 4. The highest BCUT2D eigenvalue weighted by atomic mass is 16.2. The molecule has 0 bridgehead atoms. The first-order valence-corrected chi connectivity index (χ1v) is 8.47. The fraction of sp³-hybridized carbons (Fsp3) is 0.474. The first kappa shape index (κ1) is 15.8. The molecule has 1 unspecified atom stereocenters. The van der Waals surface area contributed by atoms with E-state index in [1.54, 1.807) is 18.2 Å². The predicted molar refractivity (Wildman–Crippen MR) is 90.6 cm³/mol. The zero-order chi connectivity index (χ0) is 16.1. The third kappa shape index (κ3) is 4.00. The van der Waals surface area contributed by atoms with E-state index in [4.69, 9.17) is 5.26 Å². The van der Waals surface area contributed by atoms with Gasteiger partial charge in [-0.2, -0.15) is 5.26 Å². The van der Waals surface area contributed by atoms with Gasteiger partial charge in [0.05, 0.1) is 11.6 Å². The molecule has 2 aliphatic rings. The van der Waals surface area contributed by atoms with Crippen molar-refractivity contribution >= 4 is 12.0 Å². The van der Waals surface area contributed by atoms with Gasteiger partial charge in [-0.25, -0.2) is 0 Å². The van der Waals surface area contributed by atoms with Gasteiger partial charge in [0.2, 0.25) is 5.91 Å². The monoisotopic (exact) mass is 309 g/mol. The number of carbonyl (C=O) groups excluding carboxylic acids is 1. The van der Waals surface area contributed by atoms with E-state index < -0.39 is 0 Å². The van der Waals surface area contributed by atoms with Gasteiger partial charge in [0.25, 0.3) is 0 Å². The summed E-state index contributed by atoms with van der Waals surface area (Å²) < 4.78 is 0. The molecular formula is C19H23N3O. The van der Waals surface area contributed by atoms with Crippen molar-refractivity contribution in [3.05, 3.63) is 41.5 Å². The highest BCUT2D eigenvalue weighted by molar-refractivity contribution is 5.92. The Hall–Kier alpha value is -2.12. The molecule has 120 valence electrons. The van der Waals surface area contributed by atoms with Crippen molar-refractivity contribution in [1.82, 2.24) is 9.80 Å². The minimum atomic E-state index is 0.107. The number of likely N-dealkylation sites (tertiary alicyclic amines) is 2. The first-order chi connectivity index (χ1) is 11.3. The predicted octanol–water partition coefficient (Wildman–Crippen LogP) is 2.66. The van der Waals surface area contributed by atoms with Crippen LogP contribution in [-0.2, 0) is 4.79 Å². The van der Waals surface area contributed by atoms with Gasteiger partial charge in [-0.1, -0.05) is 12.1 Å². The summed E-state index contributed by atoms with van der Waals surface area (Å²) in [6.45, 7) is 4.25. The summed E-state index contributed by atoms with van der Waals surface area (Å²) in [4.78, 5) is 17.0. The zero-order valence-corrected chi connectivity index (χ0v) is 13.4. The van der Waals surface area contributed by atoms with Crippen LogP contribution in [0.1, 0.15) is 36.8 Å². The van der Waals surface area contributed by atoms with Crippen LogP contribution in [0.3, 0.4) is 0 Å². The summed E-state index contributed by atoms with van der Waals surface area (Å²) in [5.74, 6) is 0.107. The second-order valence-corrected chi connectivity index (χ2v) is 6.40. The maximum absolute atomic E-state index is 12.5. The normalized spacial score (nSPS) is 21.9. The highest BCUT2D eigenvalue weighted by Crippen LogP contribution is 2.21. The standard InChI is InChI=1S/C19H23N3O/c20-14-17-7-5-16(6-8-17)9-10-19(23)22-13-3-4-18(22)15-21-11-1-2-12-21/h5-10,18H,1-4,11-13,15H2/b10-9+. The number of benzene rings is 1. The molecule has 23 heavy (non-hydrogen) atoms. The molecule has 2 saturated heterocycles. The summed E-state index contributed by atoms with van der Waals surface area (Å²) in [5, 5.41) is 8.80. The number of carbonyl (C=O) groups is 1. The van der Waals surface area contributed by atoms with E-state index in [1.807, 2.05) is 23.1 Å². The Morgan fingerprint density at radius 1 is 1.17 bits per heavy atom. The zero-order valence-electron chi connectivity index (χ0n) is 13.4. The Labute approximate surface area is 138 Å². The summed E-state index contributed by atoms with van der Waals surface area (Å²) in [7, 11) is 0. The van der Waals surface area contributed by atoms with E-state index in [0.29, 0.717) is 11.6 Å². The third-order valence-corrected chi connectivity index (χ3v) is 4.79. The smallest absolute Gasteiger partial charge is 0.246 e. The van der Waals surface area contributed by atoms with Crippen LogP contribution in [0.4, 0.5) is 0 Å². The summed E-state index contributed by atoms with van der Waals surface area (Å²) in [5.41, 5.74) is 1.59. The molecule has 1 aromatic rings. The van der Waals surface area contributed by atoms with Crippen molar-refractivity contribution < 1.29 is 4.79 Å².